The minimum Gasteiger partial charge on any atom is -0.444 e. The van der Waals surface area contributed by atoms with E-state index in [1.54, 1.807) is 40.6 Å². The van der Waals surface area contributed by atoms with E-state index in [9.17, 15) is 14.0 Å². The van der Waals surface area contributed by atoms with E-state index < -0.39 is 23.4 Å². The lowest BCUT2D eigenvalue weighted by molar-refractivity contribution is 0.00557. The van der Waals surface area contributed by atoms with Crippen molar-refractivity contribution in [2.45, 2.75) is 39.2 Å². The van der Waals surface area contributed by atoms with Crippen LogP contribution in [0.3, 0.4) is 0 Å². The second-order valence-electron chi connectivity index (χ2n) is 9.70. The summed E-state index contributed by atoms with van der Waals surface area (Å²) in [5.41, 5.74) is 1.28. The summed E-state index contributed by atoms with van der Waals surface area (Å²) in [4.78, 5) is 35.3. The maximum atomic E-state index is 14.8. The van der Waals surface area contributed by atoms with Gasteiger partial charge in [0, 0.05) is 36.1 Å². The molecule has 36 heavy (non-hydrogen) atoms. The number of benzene rings is 1. The number of hydrogen-bond donors (Lipinski definition) is 1. The molecule has 11 heteroatoms. The number of rotatable bonds is 4. The molecule has 186 valence electrons. The lowest BCUT2D eigenvalue weighted by Gasteiger charge is -2.37. The summed E-state index contributed by atoms with van der Waals surface area (Å²) in [7, 11) is 0. The predicted molar refractivity (Wildman–Crippen MR) is 128 cm³/mol. The number of halogens is 1. The van der Waals surface area contributed by atoms with Crippen LogP contribution in [0.4, 0.5) is 14.9 Å². The van der Waals surface area contributed by atoms with Gasteiger partial charge in [-0.15, -0.1) is 0 Å². The van der Waals surface area contributed by atoms with E-state index in [0.717, 1.165) is 0 Å². The van der Waals surface area contributed by atoms with Crippen molar-refractivity contribution in [2.24, 2.45) is 0 Å². The van der Waals surface area contributed by atoms with Crippen molar-refractivity contribution in [3.05, 3.63) is 65.7 Å². The van der Waals surface area contributed by atoms with Crippen LogP contribution in [-0.2, 0) is 4.74 Å². The molecule has 1 aliphatic heterocycles. The van der Waals surface area contributed by atoms with E-state index in [1.165, 1.54) is 12.3 Å². The molecule has 4 heterocycles. The van der Waals surface area contributed by atoms with Crippen molar-refractivity contribution in [1.82, 2.24) is 24.4 Å². The molecule has 0 spiro atoms. The number of nitrogens with one attached hydrogen (secondary N) is 1. The van der Waals surface area contributed by atoms with Gasteiger partial charge in [-0.25, -0.2) is 14.2 Å². The van der Waals surface area contributed by atoms with Crippen LogP contribution in [-0.4, -0.2) is 55.1 Å². The largest absolute Gasteiger partial charge is 0.444 e. The molecule has 1 aliphatic rings. The minimum absolute atomic E-state index is 0.136. The molecule has 10 nitrogen and oxygen atoms in total. The molecule has 0 aliphatic carbocycles. The fourth-order valence-corrected chi connectivity index (χ4v) is 3.85. The molecule has 1 saturated heterocycles. The van der Waals surface area contributed by atoms with Gasteiger partial charge in [-0.3, -0.25) is 9.20 Å². The molecular formula is C25H25FN6O4. The van der Waals surface area contributed by atoms with Gasteiger partial charge >= 0.3 is 6.09 Å². The maximum absolute atomic E-state index is 14.8. The average Bonchev–Trinajstić information content (AvgIpc) is 3.42. The number of likely N-dealkylation sites (tertiary alicyclic amines) is 1. The van der Waals surface area contributed by atoms with Crippen molar-refractivity contribution >= 4 is 23.3 Å². The number of imidazole rings is 1. The minimum atomic E-state index is -0.576. The number of ether oxygens (including phenoxy) is 1. The third-order valence-corrected chi connectivity index (χ3v) is 5.82. The molecule has 3 aromatic heterocycles. The molecule has 4 aromatic rings. The van der Waals surface area contributed by atoms with Crippen LogP contribution in [0.5, 0.6) is 0 Å². The van der Waals surface area contributed by atoms with Gasteiger partial charge in [0.25, 0.3) is 5.91 Å². The lowest BCUT2D eigenvalue weighted by atomic mass is 10.0. The number of anilines is 1. The van der Waals surface area contributed by atoms with Crippen LogP contribution < -0.4 is 5.32 Å². The lowest BCUT2D eigenvalue weighted by Crippen LogP contribution is -2.50. The molecule has 1 aromatic carbocycles. The maximum Gasteiger partial charge on any atom is 0.410 e. The second kappa shape index (κ2) is 8.74. The Kier molecular flexibility index (Phi) is 5.70. The van der Waals surface area contributed by atoms with Gasteiger partial charge in [-0.2, -0.15) is 4.98 Å². The average molecular weight is 493 g/mol. The van der Waals surface area contributed by atoms with E-state index in [4.69, 9.17) is 9.26 Å². The molecule has 0 atom stereocenters. The van der Waals surface area contributed by atoms with Crippen molar-refractivity contribution in [3.63, 3.8) is 0 Å². The van der Waals surface area contributed by atoms with Gasteiger partial charge in [0.2, 0.25) is 11.7 Å². The van der Waals surface area contributed by atoms with Crippen molar-refractivity contribution in [3.8, 4) is 11.4 Å². The van der Waals surface area contributed by atoms with Crippen LogP contribution in [0.1, 0.15) is 48.6 Å². The molecule has 0 bridgehead atoms. The Morgan fingerprint density at radius 2 is 2.00 bits per heavy atom. The van der Waals surface area contributed by atoms with Gasteiger partial charge in [0.15, 0.2) is 0 Å². The fraction of sp³-hybridized carbons (Fsp3) is 0.320. The molecule has 0 unspecified atom stereocenters. The number of carbonyl (C=O) groups excluding carboxylic acids is 2. The Bertz CT molecular complexity index is 1460. The standard InChI is InChI=1S/C25H25FN6O4/c1-14-17(26)9-15(10-18(14)28-22(33)19-11-27-20-7-5-6-8-32(19)20)21-29-23(36-30-21)16-12-31(13-16)24(34)35-25(2,3)4/h5-11,16H,12-13H2,1-4H3,(H,28,33). The molecule has 0 saturated carbocycles. The summed E-state index contributed by atoms with van der Waals surface area (Å²) in [6, 6.07) is 8.29. The van der Waals surface area contributed by atoms with E-state index in [0.29, 0.717) is 35.9 Å². The number of hydrogen-bond acceptors (Lipinski definition) is 7. The zero-order chi connectivity index (χ0) is 25.6. The molecule has 0 radical (unpaired) electrons. The summed E-state index contributed by atoms with van der Waals surface area (Å²) in [5.74, 6) is -0.554. The number of fused-ring (bicyclic) bond motifs is 1. The SMILES string of the molecule is Cc1c(F)cc(-c2noc(C3CN(C(=O)OC(C)(C)C)C3)n2)cc1NC(=O)c1cnc2ccccn12. The highest BCUT2D eigenvalue weighted by Gasteiger charge is 2.38. The Morgan fingerprint density at radius 3 is 2.75 bits per heavy atom. The summed E-state index contributed by atoms with van der Waals surface area (Å²) < 4.78 is 27.2. The zero-order valence-corrected chi connectivity index (χ0v) is 20.3. The van der Waals surface area contributed by atoms with Crippen molar-refractivity contribution < 1.29 is 23.2 Å². The molecule has 1 fully saturated rings. The fourth-order valence-electron chi connectivity index (χ4n) is 3.85. The summed E-state index contributed by atoms with van der Waals surface area (Å²) in [6.07, 6.45) is 2.79. The molecule has 5 rings (SSSR count). The Morgan fingerprint density at radius 1 is 1.22 bits per heavy atom. The highest BCUT2D eigenvalue weighted by atomic mass is 19.1. The zero-order valence-electron chi connectivity index (χ0n) is 20.3. The number of carbonyl (C=O) groups is 2. The van der Waals surface area contributed by atoms with Gasteiger partial charge < -0.3 is 19.5 Å². The normalized spacial score (nSPS) is 14.1. The summed E-state index contributed by atoms with van der Waals surface area (Å²) in [5, 5.41) is 6.75. The number of amides is 2. The molecular weight excluding hydrogens is 467 g/mol. The first-order valence-electron chi connectivity index (χ1n) is 11.4. The number of pyridine rings is 1. The van der Waals surface area contributed by atoms with Crippen LogP contribution in [0.25, 0.3) is 17.0 Å². The van der Waals surface area contributed by atoms with Crippen LogP contribution in [0.15, 0.2) is 47.2 Å². The monoisotopic (exact) mass is 492 g/mol. The third kappa shape index (κ3) is 4.51. The van der Waals surface area contributed by atoms with Crippen molar-refractivity contribution in [1.29, 1.82) is 0 Å². The van der Waals surface area contributed by atoms with E-state index >= 15 is 0 Å². The molecule has 2 amide bonds. The number of nitrogens with zero attached hydrogens (tertiary/aromatic N) is 5. The predicted octanol–water partition coefficient (Wildman–Crippen LogP) is 4.42. The van der Waals surface area contributed by atoms with Gasteiger partial charge in [-0.05, 0) is 52.0 Å². The summed E-state index contributed by atoms with van der Waals surface area (Å²) in [6.45, 7) is 7.77. The smallest absolute Gasteiger partial charge is 0.410 e. The van der Waals surface area contributed by atoms with Gasteiger partial charge in [0.1, 0.15) is 22.8 Å². The second-order valence-corrected chi connectivity index (χ2v) is 9.70. The van der Waals surface area contributed by atoms with Crippen LogP contribution in [0.2, 0.25) is 0 Å². The van der Waals surface area contributed by atoms with Gasteiger partial charge in [0.05, 0.1) is 12.1 Å². The highest BCUT2D eigenvalue weighted by Crippen LogP contribution is 2.31. The van der Waals surface area contributed by atoms with E-state index in [1.807, 2.05) is 26.8 Å². The van der Waals surface area contributed by atoms with Gasteiger partial charge in [-0.1, -0.05) is 11.2 Å². The van der Waals surface area contributed by atoms with Crippen molar-refractivity contribution in [2.75, 3.05) is 18.4 Å². The molecule has 1 N–H and O–H groups in total. The number of aromatic nitrogens is 4. The van der Waals surface area contributed by atoms with E-state index in [2.05, 4.69) is 20.4 Å². The topological polar surface area (TPSA) is 115 Å². The Labute approximate surface area is 206 Å². The summed E-state index contributed by atoms with van der Waals surface area (Å²) >= 11 is 0. The first-order chi connectivity index (χ1) is 17.1. The Hall–Kier alpha value is -4.28. The highest BCUT2D eigenvalue weighted by molar-refractivity contribution is 6.04. The quantitative estimate of drug-likeness (QED) is 0.448. The third-order valence-electron chi connectivity index (χ3n) is 5.82. The van der Waals surface area contributed by atoms with E-state index in [-0.39, 0.29) is 23.0 Å². The first-order valence-corrected chi connectivity index (χ1v) is 11.4. The van der Waals surface area contributed by atoms with Crippen LogP contribution >= 0.6 is 0 Å². The van der Waals surface area contributed by atoms with Crippen LogP contribution in [0, 0.1) is 12.7 Å². The Balaban J connectivity index is 1.32. The first kappa shape index (κ1) is 23.5.